The predicted molar refractivity (Wildman–Crippen MR) is 66.8 cm³/mol. The zero-order chi connectivity index (χ0) is 13.2. The zero-order valence-corrected chi connectivity index (χ0v) is 11.1. The van der Waals surface area contributed by atoms with Crippen LogP contribution in [0.1, 0.15) is 23.5 Å². The minimum absolute atomic E-state index is 0.237. The number of hydrogen-bond acceptors (Lipinski definition) is 4. The largest absolute Gasteiger partial charge is 0.328 e. The summed E-state index contributed by atoms with van der Waals surface area (Å²) in [5, 5.41) is 0. The molecular formula is C11H17N3O3S. The van der Waals surface area contributed by atoms with Crippen LogP contribution in [0.5, 0.6) is 0 Å². The molecule has 0 radical (unpaired) electrons. The van der Waals surface area contributed by atoms with Crippen LogP contribution in [0.15, 0.2) is 12.4 Å². The average molecular weight is 271 g/mol. The molecule has 6 nitrogen and oxygen atoms in total. The van der Waals surface area contributed by atoms with Gasteiger partial charge in [0.25, 0.3) is 0 Å². The topological polar surface area (TPSA) is 72.3 Å². The second kappa shape index (κ2) is 5.19. The van der Waals surface area contributed by atoms with Crippen molar-refractivity contribution in [3.8, 4) is 0 Å². The summed E-state index contributed by atoms with van der Waals surface area (Å²) in [5.41, 5.74) is 0. The molecule has 0 saturated carbocycles. The SMILES string of the molecule is CS(=O)(=O)N1CCCC(Cn2ccnc2C=O)C1. The Kier molecular flexibility index (Phi) is 3.82. The molecule has 1 saturated heterocycles. The van der Waals surface area contributed by atoms with Gasteiger partial charge in [-0.25, -0.2) is 17.7 Å². The Morgan fingerprint density at radius 1 is 1.56 bits per heavy atom. The van der Waals surface area contributed by atoms with Crippen molar-refractivity contribution in [1.82, 2.24) is 13.9 Å². The summed E-state index contributed by atoms with van der Waals surface area (Å²) in [7, 11) is -3.11. The highest BCUT2D eigenvalue weighted by atomic mass is 32.2. The molecule has 1 atom stereocenters. The first-order valence-electron chi connectivity index (χ1n) is 5.92. The van der Waals surface area contributed by atoms with Crippen LogP contribution in [-0.4, -0.2) is 47.9 Å². The highest BCUT2D eigenvalue weighted by molar-refractivity contribution is 7.88. The Hall–Kier alpha value is -1.21. The number of nitrogens with zero attached hydrogens (tertiary/aromatic N) is 3. The van der Waals surface area contributed by atoms with Crippen LogP contribution in [0.4, 0.5) is 0 Å². The van der Waals surface area contributed by atoms with Gasteiger partial charge in [-0.15, -0.1) is 0 Å². The van der Waals surface area contributed by atoms with Crippen molar-refractivity contribution < 1.29 is 13.2 Å². The molecule has 2 rings (SSSR count). The Balaban J connectivity index is 2.04. The standard InChI is InChI=1S/C11H17N3O3S/c1-18(16,17)14-5-2-3-10(8-14)7-13-6-4-12-11(13)9-15/h4,6,9-10H,2-3,5,7-8H2,1H3. The monoisotopic (exact) mass is 271 g/mol. The lowest BCUT2D eigenvalue weighted by molar-refractivity contribution is 0.110. The summed E-state index contributed by atoms with van der Waals surface area (Å²) in [6.07, 6.45) is 7.13. The minimum atomic E-state index is -3.11. The fourth-order valence-electron chi connectivity index (χ4n) is 2.35. The minimum Gasteiger partial charge on any atom is -0.328 e. The van der Waals surface area contributed by atoms with Gasteiger partial charge in [0.15, 0.2) is 12.1 Å². The van der Waals surface area contributed by atoms with E-state index in [-0.39, 0.29) is 5.92 Å². The summed E-state index contributed by atoms with van der Waals surface area (Å²) in [6, 6.07) is 0. The number of aromatic nitrogens is 2. The van der Waals surface area contributed by atoms with Gasteiger partial charge in [0.05, 0.1) is 6.26 Å². The third-order valence-electron chi connectivity index (χ3n) is 3.26. The third-order valence-corrected chi connectivity index (χ3v) is 4.53. The molecule has 100 valence electrons. The molecule has 0 bridgehead atoms. The number of sulfonamides is 1. The highest BCUT2D eigenvalue weighted by Crippen LogP contribution is 2.20. The molecule has 0 aliphatic carbocycles. The molecule has 2 heterocycles. The number of aldehydes is 1. The molecule has 18 heavy (non-hydrogen) atoms. The molecule has 0 spiro atoms. The van der Waals surface area contributed by atoms with Gasteiger partial charge in [-0.1, -0.05) is 0 Å². The van der Waals surface area contributed by atoms with E-state index in [9.17, 15) is 13.2 Å². The highest BCUT2D eigenvalue weighted by Gasteiger charge is 2.26. The lowest BCUT2D eigenvalue weighted by Gasteiger charge is -2.31. The second-order valence-electron chi connectivity index (χ2n) is 4.68. The van der Waals surface area contributed by atoms with E-state index in [0.717, 1.165) is 19.1 Å². The van der Waals surface area contributed by atoms with E-state index in [0.29, 0.717) is 25.5 Å². The Morgan fingerprint density at radius 2 is 2.33 bits per heavy atom. The Bertz CT molecular complexity index is 523. The van der Waals surface area contributed by atoms with Gasteiger partial charge in [-0.2, -0.15) is 0 Å². The maximum Gasteiger partial charge on any atom is 0.211 e. The van der Waals surface area contributed by atoms with Gasteiger partial charge in [0.1, 0.15) is 0 Å². The first-order valence-corrected chi connectivity index (χ1v) is 7.77. The Labute approximate surface area is 107 Å². The molecule has 0 N–H and O–H groups in total. The molecule has 0 aromatic carbocycles. The van der Waals surface area contributed by atoms with Crippen molar-refractivity contribution >= 4 is 16.3 Å². The number of hydrogen-bond donors (Lipinski definition) is 0. The van der Waals surface area contributed by atoms with Crippen molar-refractivity contribution in [2.75, 3.05) is 19.3 Å². The van der Waals surface area contributed by atoms with Crippen molar-refractivity contribution in [2.24, 2.45) is 5.92 Å². The van der Waals surface area contributed by atoms with E-state index in [2.05, 4.69) is 4.98 Å². The summed E-state index contributed by atoms with van der Waals surface area (Å²) < 4.78 is 26.3. The molecule has 1 aromatic rings. The third kappa shape index (κ3) is 2.97. The van der Waals surface area contributed by atoms with Crippen molar-refractivity contribution in [3.05, 3.63) is 18.2 Å². The van der Waals surface area contributed by atoms with Gasteiger partial charge < -0.3 is 4.57 Å². The van der Waals surface area contributed by atoms with Gasteiger partial charge >= 0.3 is 0 Å². The number of piperidine rings is 1. The maximum atomic E-state index is 11.5. The lowest BCUT2D eigenvalue weighted by atomic mass is 9.99. The summed E-state index contributed by atoms with van der Waals surface area (Å²) >= 11 is 0. The molecule has 1 aromatic heterocycles. The smallest absolute Gasteiger partial charge is 0.211 e. The van der Waals surface area contributed by atoms with Crippen molar-refractivity contribution in [3.63, 3.8) is 0 Å². The van der Waals surface area contributed by atoms with Crippen LogP contribution in [0, 0.1) is 5.92 Å². The summed E-state index contributed by atoms with van der Waals surface area (Å²) in [6.45, 7) is 1.76. The number of carbonyl (C=O) groups excluding carboxylic acids is 1. The fraction of sp³-hybridized carbons (Fsp3) is 0.636. The molecule has 1 aliphatic heterocycles. The Morgan fingerprint density at radius 3 is 3.00 bits per heavy atom. The van der Waals surface area contributed by atoms with E-state index < -0.39 is 10.0 Å². The van der Waals surface area contributed by atoms with E-state index in [4.69, 9.17) is 0 Å². The van der Waals surface area contributed by atoms with E-state index >= 15 is 0 Å². The van der Waals surface area contributed by atoms with Gasteiger partial charge in [0, 0.05) is 32.0 Å². The predicted octanol–water partition coefficient (Wildman–Crippen LogP) is 0.367. The number of carbonyl (C=O) groups is 1. The first-order chi connectivity index (χ1) is 8.50. The zero-order valence-electron chi connectivity index (χ0n) is 10.3. The first kappa shape index (κ1) is 13.2. The number of rotatable bonds is 4. The summed E-state index contributed by atoms with van der Waals surface area (Å²) in [4.78, 5) is 14.7. The van der Waals surface area contributed by atoms with Crippen molar-refractivity contribution in [2.45, 2.75) is 19.4 Å². The van der Waals surface area contributed by atoms with Crippen LogP contribution in [0.2, 0.25) is 0 Å². The van der Waals surface area contributed by atoms with E-state index in [1.165, 1.54) is 10.6 Å². The van der Waals surface area contributed by atoms with Gasteiger partial charge in [-0.05, 0) is 18.8 Å². The second-order valence-corrected chi connectivity index (χ2v) is 6.67. The summed E-state index contributed by atoms with van der Waals surface area (Å²) in [5.74, 6) is 0.632. The van der Waals surface area contributed by atoms with Crippen LogP contribution in [-0.2, 0) is 16.6 Å². The fourth-order valence-corrected chi connectivity index (χ4v) is 3.29. The lowest BCUT2D eigenvalue weighted by Crippen LogP contribution is -2.40. The van der Waals surface area contributed by atoms with Crippen LogP contribution < -0.4 is 0 Å². The molecule has 0 amide bonds. The van der Waals surface area contributed by atoms with E-state index in [1.807, 2.05) is 0 Å². The molecule has 7 heteroatoms. The molecule has 1 unspecified atom stereocenters. The van der Waals surface area contributed by atoms with Crippen LogP contribution in [0.3, 0.4) is 0 Å². The van der Waals surface area contributed by atoms with Crippen LogP contribution >= 0.6 is 0 Å². The van der Waals surface area contributed by atoms with E-state index in [1.54, 1.807) is 17.0 Å². The quantitative estimate of drug-likeness (QED) is 0.742. The van der Waals surface area contributed by atoms with Crippen molar-refractivity contribution in [1.29, 1.82) is 0 Å². The van der Waals surface area contributed by atoms with Gasteiger partial charge in [-0.3, -0.25) is 4.79 Å². The van der Waals surface area contributed by atoms with Crippen LogP contribution in [0.25, 0.3) is 0 Å². The molecular weight excluding hydrogens is 254 g/mol. The molecule has 1 aliphatic rings. The van der Waals surface area contributed by atoms with Gasteiger partial charge in [0.2, 0.25) is 10.0 Å². The normalized spacial score (nSPS) is 21.9. The maximum absolute atomic E-state index is 11.5. The molecule has 1 fully saturated rings. The average Bonchev–Trinajstić information content (AvgIpc) is 2.75. The number of imidazole rings is 1.